The summed E-state index contributed by atoms with van der Waals surface area (Å²) in [5, 5.41) is 6.93. The number of anilines is 1. The van der Waals surface area contributed by atoms with Gasteiger partial charge in [0.25, 0.3) is 0 Å². The molecule has 4 aromatic rings. The molecular formula is C20H14N4OS. The molecular weight excluding hydrogens is 344 g/mol. The first-order valence-electron chi connectivity index (χ1n) is 7.95. The average Bonchev–Trinajstić information content (AvgIpc) is 3.21. The Hall–Kier alpha value is -3.38. The van der Waals surface area contributed by atoms with Gasteiger partial charge in [0, 0.05) is 22.0 Å². The summed E-state index contributed by atoms with van der Waals surface area (Å²) in [5.74, 6) is -0.142. The fraction of sp³-hybridized carbons (Fsp3) is 0. The van der Waals surface area contributed by atoms with Crippen LogP contribution in [0.1, 0.15) is 16.1 Å². The molecule has 126 valence electrons. The summed E-state index contributed by atoms with van der Waals surface area (Å²) in [4.78, 5) is 16.9. The Morgan fingerprint density at radius 2 is 1.88 bits per heavy atom. The maximum Gasteiger partial charge on any atom is 0.204 e. The van der Waals surface area contributed by atoms with E-state index in [0.29, 0.717) is 11.4 Å². The molecule has 0 bridgehead atoms. The van der Waals surface area contributed by atoms with E-state index in [1.165, 1.54) is 17.6 Å². The van der Waals surface area contributed by atoms with Gasteiger partial charge in [-0.25, -0.2) is 4.98 Å². The third-order valence-electron chi connectivity index (χ3n) is 3.96. The molecule has 0 unspecified atom stereocenters. The quantitative estimate of drug-likeness (QED) is 0.335. The van der Waals surface area contributed by atoms with Crippen LogP contribution in [0.2, 0.25) is 0 Å². The van der Waals surface area contributed by atoms with Crippen LogP contribution in [0.25, 0.3) is 28.2 Å². The summed E-state index contributed by atoms with van der Waals surface area (Å²) in [6, 6.07) is 16.8. The Morgan fingerprint density at radius 3 is 2.65 bits per heavy atom. The van der Waals surface area contributed by atoms with E-state index < -0.39 is 0 Å². The fourth-order valence-electron chi connectivity index (χ4n) is 2.58. The molecule has 0 fully saturated rings. The molecule has 0 aliphatic heterocycles. The number of nitrogens with zero attached hydrogens (tertiary/aromatic N) is 3. The molecule has 5 nitrogen and oxygen atoms in total. The lowest BCUT2D eigenvalue weighted by Gasteiger charge is -2.02. The van der Waals surface area contributed by atoms with Crippen molar-refractivity contribution in [2.75, 3.05) is 5.73 Å². The normalized spacial score (nSPS) is 11.2. The number of ketones is 1. The highest BCUT2D eigenvalue weighted by atomic mass is 32.1. The Kier molecular flexibility index (Phi) is 4.25. The number of benzene rings is 2. The van der Waals surface area contributed by atoms with Crippen molar-refractivity contribution in [3.8, 4) is 11.3 Å². The molecule has 0 atom stereocenters. The SMILES string of the molecule is Nc1ccc(C=CC(=O)c2ccc3cc(-c4csnn4)ccc3n2)cc1. The van der Waals surface area contributed by atoms with Gasteiger partial charge in [0.1, 0.15) is 11.4 Å². The molecule has 0 saturated carbocycles. The smallest absolute Gasteiger partial charge is 0.204 e. The van der Waals surface area contributed by atoms with E-state index >= 15 is 0 Å². The first kappa shape index (κ1) is 16.1. The summed E-state index contributed by atoms with van der Waals surface area (Å²) >= 11 is 1.31. The Bertz CT molecular complexity index is 1100. The van der Waals surface area contributed by atoms with E-state index in [2.05, 4.69) is 14.6 Å². The number of hydrogen-bond acceptors (Lipinski definition) is 6. The van der Waals surface area contributed by atoms with E-state index in [1.54, 1.807) is 24.3 Å². The zero-order valence-electron chi connectivity index (χ0n) is 13.7. The first-order valence-corrected chi connectivity index (χ1v) is 8.79. The lowest BCUT2D eigenvalue weighted by Crippen LogP contribution is -1.98. The third-order valence-corrected chi connectivity index (χ3v) is 4.47. The number of carbonyl (C=O) groups excluding carboxylic acids is 1. The Morgan fingerprint density at radius 1 is 1.04 bits per heavy atom. The van der Waals surface area contributed by atoms with Gasteiger partial charge in [0.05, 0.1) is 5.52 Å². The maximum atomic E-state index is 12.4. The largest absolute Gasteiger partial charge is 0.399 e. The Labute approximate surface area is 154 Å². The molecule has 0 aliphatic carbocycles. The van der Waals surface area contributed by atoms with Gasteiger partial charge in [-0.3, -0.25) is 4.79 Å². The van der Waals surface area contributed by atoms with Crippen molar-refractivity contribution < 1.29 is 4.79 Å². The van der Waals surface area contributed by atoms with Gasteiger partial charge >= 0.3 is 0 Å². The monoisotopic (exact) mass is 358 g/mol. The maximum absolute atomic E-state index is 12.4. The number of nitrogens with two attached hydrogens (primary N) is 1. The molecule has 2 aromatic heterocycles. The third kappa shape index (κ3) is 3.36. The highest BCUT2D eigenvalue weighted by molar-refractivity contribution is 7.03. The number of rotatable bonds is 4. The second-order valence-corrected chi connectivity index (χ2v) is 6.37. The van der Waals surface area contributed by atoms with Crippen molar-refractivity contribution in [2.45, 2.75) is 0 Å². The second-order valence-electron chi connectivity index (χ2n) is 5.76. The van der Waals surface area contributed by atoms with E-state index in [9.17, 15) is 4.79 Å². The summed E-state index contributed by atoms with van der Waals surface area (Å²) < 4.78 is 3.88. The van der Waals surface area contributed by atoms with Crippen LogP contribution in [0.5, 0.6) is 0 Å². The van der Waals surface area contributed by atoms with Crippen LogP contribution >= 0.6 is 11.5 Å². The van der Waals surface area contributed by atoms with E-state index in [4.69, 9.17) is 5.73 Å². The van der Waals surface area contributed by atoms with Crippen molar-refractivity contribution >= 4 is 40.0 Å². The molecule has 4 rings (SSSR count). The number of hydrogen-bond donors (Lipinski definition) is 1. The minimum Gasteiger partial charge on any atom is -0.399 e. The molecule has 2 aromatic carbocycles. The molecule has 6 heteroatoms. The minimum atomic E-state index is -0.142. The van der Waals surface area contributed by atoms with Gasteiger partial charge in [0.15, 0.2) is 0 Å². The molecule has 0 saturated heterocycles. The zero-order valence-corrected chi connectivity index (χ0v) is 14.5. The molecule has 0 amide bonds. The van der Waals surface area contributed by atoms with Gasteiger partial charge in [-0.1, -0.05) is 34.8 Å². The highest BCUT2D eigenvalue weighted by Gasteiger charge is 2.07. The number of nitrogen functional groups attached to an aromatic ring is 1. The van der Waals surface area contributed by atoms with Crippen LogP contribution in [0.3, 0.4) is 0 Å². The van der Waals surface area contributed by atoms with Gasteiger partial charge in [-0.05, 0) is 53.5 Å². The fourth-order valence-corrected chi connectivity index (χ4v) is 3.04. The summed E-state index contributed by atoms with van der Waals surface area (Å²) in [6.07, 6.45) is 3.28. The van der Waals surface area contributed by atoms with Crippen molar-refractivity contribution in [1.29, 1.82) is 0 Å². The van der Waals surface area contributed by atoms with Gasteiger partial charge in [-0.2, -0.15) is 0 Å². The van der Waals surface area contributed by atoms with Crippen LogP contribution in [-0.2, 0) is 0 Å². The second kappa shape index (κ2) is 6.85. The number of carbonyl (C=O) groups is 1. The molecule has 26 heavy (non-hydrogen) atoms. The van der Waals surface area contributed by atoms with E-state index in [1.807, 2.05) is 41.8 Å². The molecule has 2 heterocycles. The molecule has 0 spiro atoms. The van der Waals surface area contributed by atoms with Crippen LogP contribution in [0, 0.1) is 0 Å². The van der Waals surface area contributed by atoms with Crippen LogP contribution in [-0.4, -0.2) is 20.4 Å². The van der Waals surface area contributed by atoms with Gasteiger partial charge < -0.3 is 5.73 Å². The van der Waals surface area contributed by atoms with E-state index in [-0.39, 0.29) is 5.78 Å². The zero-order chi connectivity index (χ0) is 17.9. The summed E-state index contributed by atoms with van der Waals surface area (Å²) in [5.41, 5.74) is 10.3. The van der Waals surface area contributed by atoms with Crippen LogP contribution in [0.15, 0.2) is 66.1 Å². The summed E-state index contributed by atoms with van der Waals surface area (Å²) in [6.45, 7) is 0. The van der Waals surface area contributed by atoms with Gasteiger partial charge in [-0.15, -0.1) is 5.10 Å². The number of aromatic nitrogens is 3. The summed E-state index contributed by atoms with van der Waals surface area (Å²) in [7, 11) is 0. The lowest BCUT2D eigenvalue weighted by molar-refractivity contribution is 0.104. The van der Waals surface area contributed by atoms with E-state index in [0.717, 1.165) is 27.7 Å². The van der Waals surface area contributed by atoms with Crippen molar-refractivity contribution in [2.24, 2.45) is 0 Å². The van der Waals surface area contributed by atoms with Crippen molar-refractivity contribution in [3.63, 3.8) is 0 Å². The van der Waals surface area contributed by atoms with Crippen LogP contribution < -0.4 is 5.73 Å². The minimum absolute atomic E-state index is 0.142. The molecule has 2 N–H and O–H groups in total. The number of allylic oxidation sites excluding steroid dienone is 1. The number of fused-ring (bicyclic) bond motifs is 1. The lowest BCUT2D eigenvalue weighted by atomic mass is 10.1. The molecule has 0 radical (unpaired) electrons. The van der Waals surface area contributed by atoms with Crippen molar-refractivity contribution in [1.82, 2.24) is 14.6 Å². The first-order chi connectivity index (χ1) is 12.7. The average molecular weight is 358 g/mol. The number of pyridine rings is 1. The predicted molar refractivity (Wildman–Crippen MR) is 105 cm³/mol. The van der Waals surface area contributed by atoms with Crippen molar-refractivity contribution in [3.05, 3.63) is 77.3 Å². The molecule has 0 aliphatic rings. The van der Waals surface area contributed by atoms with Crippen LogP contribution in [0.4, 0.5) is 5.69 Å². The Balaban J connectivity index is 1.59. The standard InChI is InChI=1S/C20H14N4OS/c21-16-6-1-13(2-7-16)3-10-20(25)18-9-5-14-11-15(4-8-17(14)22-18)19-12-26-24-23-19/h1-12H,21H2. The highest BCUT2D eigenvalue weighted by Crippen LogP contribution is 2.23. The predicted octanol–water partition coefficient (Wildman–Crippen LogP) is 4.23. The topological polar surface area (TPSA) is 81.8 Å². The van der Waals surface area contributed by atoms with Gasteiger partial charge in [0.2, 0.25) is 5.78 Å².